The van der Waals surface area contributed by atoms with Gasteiger partial charge < -0.3 is 9.47 Å². The van der Waals surface area contributed by atoms with Gasteiger partial charge in [-0.1, -0.05) is 0 Å². The lowest BCUT2D eigenvalue weighted by Crippen LogP contribution is -2.03. The van der Waals surface area contributed by atoms with Gasteiger partial charge in [0.2, 0.25) is 34.8 Å². The molecule has 0 aliphatic heterocycles. The van der Waals surface area contributed by atoms with Crippen LogP contribution in [0.25, 0.3) is 0 Å². The topological polar surface area (TPSA) is 18.5 Å². The lowest BCUT2D eigenvalue weighted by Gasteiger charge is -2.10. The van der Waals surface area contributed by atoms with Crippen LogP contribution in [0.5, 0.6) is 11.5 Å². The van der Waals surface area contributed by atoms with E-state index in [1.807, 2.05) is 0 Å². The molecule has 6 heteroatoms. The van der Waals surface area contributed by atoms with Crippen LogP contribution < -0.4 is 9.47 Å². The van der Waals surface area contributed by atoms with Crippen molar-refractivity contribution in [1.82, 2.24) is 0 Å². The number of methoxy groups -OCH3 is 2. The van der Waals surface area contributed by atoms with E-state index in [1.54, 1.807) is 0 Å². The fourth-order valence-electron chi connectivity index (χ4n) is 0.956. The minimum absolute atomic E-state index is 0.802. The summed E-state index contributed by atoms with van der Waals surface area (Å²) in [6.07, 6.45) is 0. The lowest BCUT2D eigenvalue weighted by atomic mass is 10.2. The van der Waals surface area contributed by atoms with Gasteiger partial charge in [0.25, 0.3) is 0 Å². The van der Waals surface area contributed by atoms with Crippen molar-refractivity contribution >= 4 is 0 Å². The standard InChI is InChI=1S/C8H6F4O2/c1-13-7-5(11)3(9)4(10)6(12)8(7)14-2/h1-2H3. The quantitative estimate of drug-likeness (QED) is 0.423. The Labute approximate surface area is 77.1 Å². The van der Waals surface area contributed by atoms with Gasteiger partial charge >= 0.3 is 0 Å². The summed E-state index contributed by atoms with van der Waals surface area (Å²) < 4.78 is 59.7. The average molecular weight is 210 g/mol. The molecule has 0 unspecified atom stereocenters. The molecule has 2 nitrogen and oxygen atoms in total. The third-order valence-electron chi connectivity index (χ3n) is 1.59. The van der Waals surface area contributed by atoms with Crippen LogP contribution in [0, 0.1) is 23.3 Å². The van der Waals surface area contributed by atoms with Crippen LogP contribution >= 0.6 is 0 Å². The number of hydrogen-bond donors (Lipinski definition) is 0. The van der Waals surface area contributed by atoms with Gasteiger partial charge in [0.05, 0.1) is 14.2 Å². The summed E-state index contributed by atoms with van der Waals surface area (Å²) in [4.78, 5) is 0. The van der Waals surface area contributed by atoms with Crippen molar-refractivity contribution in [3.05, 3.63) is 23.3 Å². The van der Waals surface area contributed by atoms with Crippen LogP contribution in [0.4, 0.5) is 17.6 Å². The van der Waals surface area contributed by atoms with Crippen molar-refractivity contribution in [3.8, 4) is 11.5 Å². The predicted octanol–water partition coefficient (Wildman–Crippen LogP) is 2.26. The van der Waals surface area contributed by atoms with Crippen LogP contribution in [0.15, 0.2) is 0 Å². The fraction of sp³-hybridized carbons (Fsp3) is 0.250. The summed E-state index contributed by atoms with van der Waals surface area (Å²) in [5.41, 5.74) is 0. The number of hydrogen-bond acceptors (Lipinski definition) is 2. The maximum atomic E-state index is 12.9. The Morgan fingerprint density at radius 2 is 0.929 bits per heavy atom. The van der Waals surface area contributed by atoms with Crippen LogP contribution in [0.2, 0.25) is 0 Å². The van der Waals surface area contributed by atoms with Gasteiger partial charge in [-0.05, 0) is 0 Å². The van der Waals surface area contributed by atoms with Crippen LogP contribution in [0.3, 0.4) is 0 Å². The van der Waals surface area contributed by atoms with Crippen molar-refractivity contribution in [2.45, 2.75) is 0 Å². The molecule has 0 N–H and O–H groups in total. The molecule has 0 bridgehead atoms. The van der Waals surface area contributed by atoms with Gasteiger partial charge in [-0.15, -0.1) is 0 Å². The van der Waals surface area contributed by atoms with E-state index >= 15 is 0 Å². The van der Waals surface area contributed by atoms with E-state index in [1.165, 1.54) is 0 Å². The molecule has 0 saturated heterocycles. The molecule has 0 amide bonds. The van der Waals surface area contributed by atoms with Crippen LogP contribution in [-0.2, 0) is 0 Å². The van der Waals surface area contributed by atoms with Crippen molar-refractivity contribution in [2.75, 3.05) is 14.2 Å². The maximum absolute atomic E-state index is 12.9. The molecule has 1 aromatic carbocycles. The summed E-state index contributed by atoms with van der Waals surface area (Å²) in [5.74, 6) is -8.71. The molecule has 0 aliphatic rings. The average Bonchev–Trinajstić information content (AvgIpc) is 2.20. The van der Waals surface area contributed by atoms with E-state index in [0.29, 0.717) is 0 Å². The molecule has 0 atom stereocenters. The summed E-state index contributed by atoms with van der Waals surface area (Å²) in [5, 5.41) is 0. The lowest BCUT2D eigenvalue weighted by molar-refractivity contribution is 0.295. The second-order valence-corrected chi connectivity index (χ2v) is 2.32. The molecule has 0 spiro atoms. The molecule has 78 valence electrons. The minimum Gasteiger partial charge on any atom is -0.490 e. The Bertz CT molecular complexity index is 330. The third kappa shape index (κ3) is 1.36. The summed E-state index contributed by atoms with van der Waals surface area (Å²) >= 11 is 0. The molecule has 14 heavy (non-hydrogen) atoms. The van der Waals surface area contributed by atoms with E-state index in [4.69, 9.17) is 0 Å². The normalized spacial score (nSPS) is 10.1. The van der Waals surface area contributed by atoms with Crippen LogP contribution in [-0.4, -0.2) is 14.2 Å². The Morgan fingerprint density at radius 1 is 0.643 bits per heavy atom. The van der Waals surface area contributed by atoms with E-state index < -0.39 is 34.8 Å². The highest BCUT2D eigenvalue weighted by atomic mass is 19.2. The summed E-state index contributed by atoms with van der Waals surface area (Å²) in [7, 11) is 1.97. The van der Waals surface area contributed by atoms with Gasteiger partial charge in [-0.3, -0.25) is 0 Å². The molecule has 0 heterocycles. The van der Waals surface area contributed by atoms with Gasteiger partial charge in [0.1, 0.15) is 0 Å². The highest BCUT2D eigenvalue weighted by molar-refractivity contribution is 5.43. The van der Waals surface area contributed by atoms with Crippen molar-refractivity contribution < 1.29 is 27.0 Å². The predicted molar refractivity (Wildman–Crippen MR) is 39.4 cm³/mol. The fourth-order valence-corrected chi connectivity index (χ4v) is 0.956. The van der Waals surface area contributed by atoms with Crippen molar-refractivity contribution in [3.63, 3.8) is 0 Å². The Morgan fingerprint density at radius 3 is 1.14 bits per heavy atom. The van der Waals surface area contributed by atoms with Crippen LogP contribution in [0.1, 0.15) is 0 Å². The van der Waals surface area contributed by atoms with Gasteiger partial charge in [0, 0.05) is 0 Å². The van der Waals surface area contributed by atoms with E-state index in [-0.39, 0.29) is 0 Å². The maximum Gasteiger partial charge on any atom is 0.207 e. The zero-order chi connectivity index (χ0) is 10.9. The first kappa shape index (κ1) is 10.6. The molecule has 1 rings (SSSR count). The molecule has 0 fully saturated rings. The summed E-state index contributed by atoms with van der Waals surface area (Å²) in [6, 6.07) is 0. The summed E-state index contributed by atoms with van der Waals surface area (Å²) in [6.45, 7) is 0. The monoisotopic (exact) mass is 210 g/mol. The zero-order valence-corrected chi connectivity index (χ0v) is 7.33. The highest BCUT2D eigenvalue weighted by Crippen LogP contribution is 2.36. The molecular weight excluding hydrogens is 204 g/mol. The smallest absolute Gasteiger partial charge is 0.207 e. The number of benzene rings is 1. The number of ether oxygens (including phenoxy) is 2. The molecule has 0 radical (unpaired) electrons. The second kappa shape index (κ2) is 3.73. The Kier molecular flexibility index (Phi) is 2.83. The minimum atomic E-state index is -1.93. The largest absolute Gasteiger partial charge is 0.490 e. The first-order valence-electron chi connectivity index (χ1n) is 3.48. The number of rotatable bonds is 2. The molecule has 1 aromatic rings. The van der Waals surface area contributed by atoms with E-state index in [2.05, 4.69) is 9.47 Å². The van der Waals surface area contributed by atoms with Gasteiger partial charge in [-0.25, -0.2) is 8.78 Å². The zero-order valence-electron chi connectivity index (χ0n) is 7.33. The first-order valence-corrected chi connectivity index (χ1v) is 3.48. The van der Waals surface area contributed by atoms with E-state index in [9.17, 15) is 17.6 Å². The van der Waals surface area contributed by atoms with Gasteiger partial charge in [-0.2, -0.15) is 8.78 Å². The second-order valence-electron chi connectivity index (χ2n) is 2.32. The number of halogens is 4. The Balaban J connectivity index is 3.57. The molecular formula is C8H6F4O2. The van der Waals surface area contributed by atoms with Crippen molar-refractivity contribution in [2.24, 2.45) is 0 Å². The SMILES string of the molecule is COc1c(F)c(F)c(F)c(F)c1OC. The van der Waals surface area contributed by atoms with E-state index in [0.717, 1.165) is 14.2 Å². The first-order chi connectivity index (χ1) is 6.54. The van der Waals surface area contributed by atoms with Crippen molar-refractivity contribution in [1.29, 1.82) is 0 Å². The molecule has 0 aliphatic carbocycles. The Hall–Kier alpha value is -1.46. The van der Waals surface area contributed by atoms with Gasteiger partial charge in [0.15, 0.2) is 0 Å². The molecule has 0 saturated carbocycles. The third-order valence-corrected chi connectivity index (χ3v) is 1.59. The highest BCUT2D eigenvalue weighted by Gasteiger charge is 2.26. The molecule has 0 aromatic heterocycles.